The number of nitrogens with one attached hydrogen (secondary N) is 1. The molecule has 0 radical (unpaired) electrons. The predicted octanol–water partition coefficient (Wildman–Crippen LogP) is -0.989. The summed E-state index contributed by atoms with van der Waals surface area (Å²) in [6, 6.07) is 0. The number of aliphatic hydroxyl groups is 3. The molecule has 1 aromatic heterocycles. The molecule has 104 valence electrons. The van der Waals surface area contributed by atoms with Crippen LogP contribution in [0.3, 0.4) is 0 Å². The lowest BCUT2D eigenvalue weighted by molar-refractivity contribution is -0.0437. The lowest BCUT2D eigenvalue weighted by Crippen LogP contribution is -2.24. The van der Waals surface area contributed by atoms with Crippen LogP contribution in [0.5, 0.6) is 0 Å². The van der Waals surface area contributed by atoms with Gasteiger partial charge in [-0.25, -0.2) is 4.98 Å². The molecule has 0 aromatic carbocycles. The van der Waals surface area contributed by atoms with E-state index >= 15 is 0 Å². The number of ether oxygens (including phenoxy) is 1. The van der Waals surface area contributed by atoms with Gasteiger partial charge in [0.05, 0.1) is 31.9 Å². The van der Waals surface area contributed by atoms with E-state index in [4.69, 9.17) is 9.84 Å². The minimum atomic E-state index is -0.762. The van der Waals surface area contributed by atoms with E-state index in [2.05, 4.69) is 15.3 Å². The summed E-state index contributed by atoms with van der Waals surface area (Å²) in [7, 11) is 0. The van der Waals surface area contributed by atoms with Crippen molar-refractivity contribution < 1.29 is 20.1 Å². The quantitative estimate of drug-likeness (QED) is 0.548. The number of rotatable bonds is 2. The van der Waals surface area contributed by atoms with E-state index in [1.807, 2.05) is 0 Å². The van der Waals surface area contributed by atoms with Gasteiger partial charge in [0.15, 0.2) is 0 Å². The van der Waals surface area contributed by atoms with Crippen LogP contribution in [0.4, 0.5) is 5.82 Å². The zero-order valence-corrected chi connectivity index (χ0v) is 10.2. The van der Waals surface area contributed by atoms with Crippen LogP contribution in [0.25, 0.3) is 0 Å². The molecule has 4 atom stereocenters. The van der Waals surface area contributed by atoms with Crippen LogP contribution in [0, 0.1) is 0 Å². The molecule has 0 aliphatic carbocycles. The number of aromatic nitrogens is 2. The highest BCUT2D eigenvalue weighted by molar-refractivity contribution is 5.76. The summed E-state index contributed by atoms with van der Waals surface area (Å²) >= 11 is 0. The predicted molar refractivity (Wildman–Crippen MR) is 65.8 cm³/mol. The summed E-state index contributed by atoms with van der Waals surface area (Å²) in [6.07, 6.45) is 0.935. The third kappa shape index (κ3) is 2.12. The van der Waals surface area contributed by atoms with Crippen LogP contribution in [0.1, 0.15) is 24.4 Å². The van der Waals surface area contributed by atoms with Crippen LogP contribution in [0.2, 0.25) is 0 Å². The van der Waals surface area contributed by atoms with Crippen molar-refractivity contribution in [3.05, 3.63) is 12.0 Å². The van der Waals surface area contributed by atoms with Crippen molar-refractivity contribution in [2.45, 2.75) is 31.0 Å². The molecule has 0 bridgehead atoms. The Morgan fingerprint density at radius 1 is 1.47 bits per heavy atom. The summed E-state index contributed by atoms with van der Waals surface area (Å²) in [4.78, 5) is 8.15. The van der Waals surface area contributed by atoms with Gasteiger partial charge in [-0.15, -0.1) is 0 Å². The standard InChI is InChI=1S/C11H16N4O4/c16-3-8-6(17)1-9(19-8)15-5-14-10-7(18)2-12-4-13-11(10)15/h4-9,16-18H,1-3H2,(H,12,13)/t6-,7+,8-,9+/m1/s1. The van der Waals surface area contributed by atoms with Gasteiger partial charge >= 0.3 is 0 Å². The zero-order valence-electron chi connectivity index (χ0n) is 10.2. The molecule has 4 N–H and O–H groups in total. The van der Waals surface area contributed by atoms with E-state index in [9.17, 15) is 10.2 Å². The lowest BCUT2D eigenvalue weighted by atomic mass is 10.2. The van der Waals surface area contributed by atoms with Crippen LogP contribution in [-0.4, -0.2) is 56.6 Å². The average molecular weight is 268 g/mol. The highest BCUT2D eigenvalue weighted by Gasteiger charge is 2.36. The first-order valence-corrected chi connectivity index (χ1v) is 6.14. The molecule has 8 heteroatoms. The fourth-order valence-corrected chi connectivity index (χ4v) is 2.38. The second kappa shape index (κ2) is 4.89. The topological polar surface area (TPSA) is 112 Å². The van der Waals surface area contributed by atoms with Crippen molar-refractivity contribution in [1.82, 2.24) is 9.55 Å². The van der Waals surface area contributed by atoms with Gasteiger partial charge in [-0.05, 0) is 0 Å². The van der Waals surface area contributed by atoms with Crippen molar-refractivity contribution >= 4 is 12.2 Å². The van der Waals surface area contributed by atoms with Crippen molar-refractivity contribution in [2.75, 3.05) is 18.5 Å². The van der Waals surface area contributed by atoms with Crippen LogP contribution in [-0.2, 0) is 4.74 Å². The van der Waals surface area contributed by atoms with Gasteiger partial charge in [0.25, 0.3) is 0 Å². The number of imidazole rings is 1. The van der Waals surface area contributed by atoms with Crippen molar-refractivity contribution in [3.63, 3.8) is 0 Å². The molecule has 1 fully saturated rings. The first-order valence-electron chi connectivity index (χ1n) is 6.14. The molecular formula is C11H16N4O4. The molecule has 2 aliphatic rings. The third-order valence-electron chi connectivity index (χ3n) is 3.40. The van der Waals surface area contributed by atoms with Crippen molar-refractivity contribution in [2.24, 2.45) is 4.99 Å². The Labute approximate surface area is 109 Å². The van der Waals surface area contributed by atoms with Gasteiger partial charge in [-0.2, -0.15) is 0 Å². The third-order valence-corrected chi connectivity index (χ3v) is 3.40. The Morgan fingerprint density at radius 2 is 2.32 bits per heavy atom. The minimum absolute atomic E-state index is 0.230. The fraction of sp³-hybridized carbons (Fsp3) is 0.636. The van der Waals surface area contributed by atoms with Crippen molar-refractivity contribution in [3.8, 4) is 0 Å². The molecule has 3 rings (SSSR count). The van der Waals surface area contributed by atoms with Gasteiger partial charge in [0.1, 0.15) is 29.9 Å². The van der Waals surface area contributed by atoms with Gasteiger partial charge in [0, 0.05) is 6.42 Å². The van der Waals surface area contributed by atoms with Gasteiger partial charge in [-0.1, -0.05) is 0 Å². The van der Waals surface area contributed by atoms with Crippen LogP contribution < -0.4 is 5.32 Å². The molecule has 1 saturated heterocycles. The SMILES string of the molecule is OC[C@H]1O[C@H](n2cnc3c2NC=NC[C@@H]3O)C[C@H]1O. The number of aliphatic imine (C=N–C) groups is 1. The molecule has 3 heterocycles. The molecule has 0 amide bonds. The second-order valence-corrected chi connectivity index (χ2v) is 4.65. The molecule has 1 aromatic rings. The maximum atomic E-state index is 9.89. The molecule has 0 spiro atoms. The van der Waals surface area contributed by atoms with E-state index in [1.165, 1.54) is 6.34 Å². The Balaban J connectivity index is 1.89. The van der Waals surface area contributed by atoms with Gasteiger partial charge in [-0.3, -0.25) is 9.56 Å². The van der Waals surface area contributed by atoms with E-state index in [1.54, 1.807) is 10.9 Å². The fourth-order valence-electron chi connectivity index (χ4n) is 2.38. The molecule has 0 unspecified atom stereocenters. The maximum Gasteiger partial charge on any atom is 0.139 e. The van der Waals surface area contributed by atoms with E-state index < -0.39 is 24.5 Å². The number of hydrogen-bond donors (Lipinski definition) is 4. The Hall–Kier alpha value is -1.48. The van der Waals surface area contributed by atoms with Crippen LogP contribution >= 0.6 is 0 Å². The maximum absolute atomic E-state index is 9.89. The highest BCUT2D eigenvalue weighted by atomic mass is 16.5. The molecular weight excluding hydrogens is 252 g/mol. The largest absolute Gasteiger partial charge is 0.394 e. The Morgan fingerprint density at radius 3 is 3.05 bits per heavy atom. The molecule has 8 nitrogen and oxygen atoms in total. The number of anilines is 1. The summed E-state index contributed by atoms with van der Waals surface area (Å²) in [5.74, 6) is 0.601. The number of nitrogens with zero attached hydrogens (tertiary/aromatic N) is 3. The summed E-state index contributed by atoms with van der Waals surface area (Å²) in [6.45, 7) is 0.0243. The Bertz CT molecular complexity index is 489. The lowest BCUT2D eigenvalue weighted by Gasteiger charge is -2.16. The smallest absolute Gasteiger partial charge is 0.139 e. The van der Waals surface area contributed by atoms with Gasteiger partial charge < -0.3 is 25.4 Å². The van der Waals surface area contributed by atoms with Gasteiger partial charge in [0.2, 0.25) is 0 Å². The Kier molecular flexibility index (Phi) is 3.23. The van der Waals surface area contributed by atoms with E-state index in [0.29, 0.717) is 17.9 Å². The first-order chi connectivity index (χ1) is 9.20. The first kappa shape index (κ1) is 12.5. The van der Waals surface area contributed by atoms with Crippen LogP contribution in [0.15, 0.2) is 11.3 Å². The zero-order chi connectivity index (χ0) is 13.4. The normalized spacial score (nSPS) is 33.8. The second-order valence-electron chi connectivity index (χ2n) is 4.65. The summed E-state index contributed by atoms with van der Waals surface area (Å²) < 4.78 is 7.27. The summed E-state index contributed by atoms with van der Waals surface area (Å²) in [5.41, 5.74) is 0.503. The van der Waals surface area contributed by atoms with Crippen molar-refractivity contribution in [1.29, 1.82) is 0 Å². The van der Waals surface area contributed by atoms with E-state index in [0.717, 1.165) is 0 Å². The average Bonchev–Trinajstić information content (AvgIpc) is 2.93. The minimum Gasteiger partial charge on any atom is -0.394 e. The molecule has 19 heavy (non-hydrogen) atoms. The highest BCUT2D eigenvalue weighted by Crippen LogP contribution is 2.34. The number of fused-ring (bicyclic) bond motifs is 1. The number of aliphatic hydroxyl groups excluding tert-OH is 3. The monoisotopic (exact) mass is 268 g/mol. The summed E-state index contributed by atoms with van der Waals surface area (Å²) in [5, 5.41) is 31.7. The van der Waals surface area contributed by atoms with E-state index in [-0.39, 0.29) is 13.2 Å². The number of hydrogen-bond acceptors (Lipinski definition) is 7. The molecule has 2 aliphatic heterocycles. The molecule has 0 saturated carbocycles.